The number of aromatic nitrogens is 1. The molecule has 2 N–H and O–H groups in total. The van der Waals surface area contributed by atoms with Crippen LogP contribution in [0.1, 0.15) is 30.8 Å². The molecule has 0 aliphatic heterocycles. The van der Waals surface area contributed by atoms with Crippen LogP contribution in [0.3, 0.4) is 0 Å². The molecule has 5 heteroatoms. The van der Waals surface area contributed by atoms with Gasteiger partial charge in [0.2, 0.25) is 0 Å². The summed E-state index contributed by atoms with van der Waals surface area (Å²) in [4.78, 5) is 6.51. The van der Waals surface area contributed by atoms with Crippen LogP contribution in [0.15, 0.2) is 33.7 Å². The Kier molecular flexibility index (Phi) is 4.52. The molecule has 0 bridgehead atoms. The second-order valence-electron chi connectivity index (χ2n) is 4.43. The van der Waals surface area contributed by atoms with Gasteiger partial charge in [-0.05, 0) is 25.6 Å². The molecule has 0 radical (unpaired) electrons. The van der Waals surface area contributed by atoms with E-state index in [0.717, 1.165) is 24.4 Å². The van der Waals surface area contributed by atoms with Gasteiger partial charge in [0.05, 0.1) is 23.5 Å². The topological polar surface area (TPSA) is 55.3 Å². The van der Waals surface area contributed by atoms with Crippen LogP contribution in [0.25, 0.3) is 0 Å². The van der Waals surface area contributed by atoms with E-state index >= 15 is 0 Å². The van der Waals surface area contributed by atoms with Crippen LogP contribution >= 0.6 is 11.3 Å². The zero-order valence-corrected chi connectivity index (χ0v) is 11.6. The molecule has 0 aliphatic carbocycles. The van der Waals surface area contributed by atoms with Crippen molar-refractivity contribution < 1.29 is 4.42 Å². The minimum Gasteiger partial charge on any atom is -0.468 e. The van der Waals surface area contributed by atoms with E-state index in [1.807, 2.05) is 17.6 Å². The summed E-state index contributed by atoms with van der Waals surface area (Å²) in [6, 6.07) is 4.03. The molecule has 2 atom stereocenters. The Morgan fingerprint density at radius 2 is 2.39 bits per heavy atom. The molecular weight excluding hydrogens is 246 g/mol. The number of thiazole rings is 1. The van der Waals surface area contributed by atoms with Gasteiger partial charge in [-0.1, -0.05) is 6.92 Å². The van der Waals surface area contributed by atoms with E-state index in [9.17, 15) is 0 Å². The molecule has 2 aromatic rings. The molecule has 2 rings (SSSR count). The Labute approximate surface area is 111 Å². The van der Waals surface area contributed by atoms with E-state index in [-0.39, 0.29) is 12.1 Å². The number of rotatable bonds is 6. The van der Waals surface area contributed by atoms with Gasteiger partial charge in [-0.2, -0.15) is 0 Å². The summed E-state index contributed by atoms with van der Waals surface area (Å²) in [6.45, 7) is 2.87. The number of nitrogens with zero attached hydrogens (tertiary/aromatic N) is 2. The first-order valence-electron chi connectivity index (χ1n) is 6.08. The van der Waals surface area contributed by atoms with Gasteiger partial charge in [0.25, 0.3) is 0 Å². The molecule has 0 aromatic carbocycles. The van der Waals surface area contributed by atoms with Crippen LogP contribution in [0.2, 0.25) is 0 Å². The van der Waals surface area contributed by atoms with Crippen molar-refractivity contribution in [2.75, 3.05) is 7.05 Å². The van der Waals surface area contributed by atoms with Crippen LogP contribution in [-0.4, -0.2) is 23.0 Å². The Balaban J connectivity index is 2.13. The molecule has 2 unspecified atom stereocenters. The maximum absolute atomic E-state index is 6.22. The molecular formula is C13H19N3OS. The van der Waals surface area contributed by atoms with Crippen LogP contribution in [-0.2, 0) is 6.54 Å². The number of nitrogens with two attached hydrogens (primary N) is 1. The van der Waals surface area contributed by atoms with Crippen molar-refractivity contribution in [3.05, 3.63) is 40.7 Å². The van der Waals surface area contributed by atoms with Crippen molar-refractivity contribution in [1.82, 2.24) is 9.88 Å². The number of hydrogen-bond acceptors (Lipinski definition) is 5. The monoisotopic (exact) mass is 265 g/mol. The van der Waals surface area contributed by atoms with Gasteiger partial charge in [-0.3, -0.25) is 4.90 Å². The van der Waals surface area contributed by atoms with Gasteiger partial charge in [0.1, 0.15) is 5.76 Å². The van der Waals surface area contributed by atoms with Gasteiger partial charge in [0.15, 0.2) is 0 Å². The minimum absolute atomic E-state index is 0.0554. The highest BCUT2D eigenvalue weighted by Crippen LogP contribution is 2.25. The molecule has 0 spiro atoms. The Morgan fingerprint density at radius 1 is 1.56 bits per heavy atom. The summed E-state index contributed by atoms with van der Waals surface area (Å²) < 4.78 is 5.52. The first-order valence-corrected chi connectivity index (χ1v) is 7.03. The first-order chi connectivity index (χ1) is 8.72. The van der Waals surface area contributed by atoms with Crippen LogP contribution in [0, 0.1) is 0 Å². The first kappa shape index (κ1) is 13.3. The average molecular weight is 265 g/mol. The van der Waals surface area contributed by atoms with Crippen LogP contribution in [0.5, 0.6) is 0 Å². The third-order valence-corrected chi connectivity index (χ3v) is 3.72. The molecule has 2 aromatic heterocycles. The Hall–Kier alpha value is -1.17. The number of furan rings is 1. The highest BCUT2D eigenvalue weighted by atomic mass is 32.1. The summed E-state index contributed by atoms with van der Waals surface area (Å²) in [5.74, 6) is 0.919. The summed E-state index contributed by atoms with van der Waals surface area (Å²) in [6.07, 6.45) is 2.61. The highest BCUT2D eigenvalue weighted by Gasteiger charge is 2.25. The van der Waals surface area contributed by atoms with Gasteiger partial charge < -0.3 is 10.2 Å². The fourth-order valence-electron chi connectivity index (χ4n) is 2.11. The molecule has 0 saturated heterocycles. The second-order valence-corrected chi connectivity index (χ2v) is 5.15. The van der Waals surface area contributed by atoms with E-state index in [2.05, 4.69) is 29.2 Å². The molecule has 98 valence electrons. The third kappa shape index (κ3) is 2.98. The third-order valence-electron chi connectivity index (χ3n) is 3.08. The second kappa shape index (κ2) is 6.13. The van der Waals surface area contributed by atoms with Crippen LogP contribution < -0.4 is 5.73 Å². The van der Waals surface area contributed by atoms with E-state index in [1.165, 1.54) is 0 Å². The predicted molar refractivity (Wildman–Crippen MR) is 73.3 cm³/mol. The van der Waals surface area contributed by atoms with Gasteiger partial charge >= 0.3 is 0 Å². The summed E-state index contributed by atoms with van der Waals surface area (Å²) in [7, 11) is 2.06. The normalized spacial score (nSPS) is 14.9. The maximum atomic E-state index is 6.22. The zero-order chi connectivity index (χ0) is 13.0. The number of hydrogen-bond donors (Lipinski definition) is 1. The van der Waals surface area contributed by atoms with E-state index < -0.39 is 0 Å². The van der Waals surface area contributed by atoms with Crippen molar-refractivity contribution in [3.8, 4) is 0 Å². The Morgan fingerprint density at radius 3 is 2.94 bits per heavy atom. The molecule has 4 nitrogen and oxygen atoms in total. The predicted octanol–water partition coefficient (Wildman–Crippen LogP) is 2.65. The lowest BCUT2D eigenvalue weighted by Gasteiger charge is -2.30. The molecule has 18 heavy (non-hydrogen) atoms. The summed E-state index contributed by atoms with van der Waals surface area (Å²) >= 11 is 1.61. The SMILES string of the molecule is CCC(N)C(c1ccco1)N(C)Cc1cscn1. The fourth-order valence-corrected chi connectivity index (χ4v) is 2.66. The molecule has 0 aliphatic rings. The van der Waals surface area contributed by atoms with Crippen molar-refractivity contribution in [3.63, 3.8) is 0 Å². The summed E-state index contributed by atoms with van der Waals surface area (Å²) in [5, 5.41) is 2.06. The fraction of sp³-hybridized carbons (Fsp3) is 0.462. The van der Waals surface area contributed by atoms with Gasteiger partial charge in [-0.25, -0.2) is 4.98 Å². The standard InChI is InChI=1S/C13H19N3OS/c1-3-11(14)13(12-5-4-6-17-12)16(2)7-10-8-18-9-15-10/h4-6,8-9,11,13H,3,7,14H2,1-2H3. The summed E-state index contributed by atoms with van der Waals surface area (Å²) in [5.41, 5.74) is 9.14. The van der Waals surface area contributed by atoms with Crippen molar-refractivity contribution in [2.24, 2.45) is 5.73 Å². The highest BCUT2D eigenvalue weighted by molar-refractivity contribution is 7.07. The lowest BCUT2D eigenvalue weighted by molar-refractivity contribution is 0.174. The Bertz CT molecular complexity index is 441. The lowest BCUT2D eigenvalue weighted by atomic mass is 10.0. The van der Waals surface area contributed by atoms with Gasteiger partial charge in [-0.15, -0.1) is 11.3 Å². The van der Waals surface area contributed by atoms with Gasteiger partial charge in [0, 0.05) is 18.0 Å². The minimum atomic E-state index is 0.0554. The maximum Gasteiger partial charge on any atom is 0.122 e. The largest absolute Gasteiger partial charge is 0.468 e. The zero-order valence-electron chi connectivity index (χ0n) is 10.7. The molecule has 0 fully saturated rings. The quantitative estimate of drug-likeness (QED) is 0.872. The van der Waals surface area contributed by atoms with E-state index in [0.29, 0.717) is 0 Å². The average Bonchev–Trinajstić information content (AvgIpc) is 3.02. The lowest BCUT2D eigenvalue weighted by Crippen LogP contribution is -2.38. The number of likely N-dealkylation sites (N-methyl/N-ethyl adjacent to an activating group) is 1. The van der Waals surface area contributed by atoms with Crippen LogP contribution in [0.4, 0.5) is 0 Å². The van der Waals surface area contributed by atoms with E-state index in [4.69, 9.17) is 10.2 Å². The van der Waals surface area contributed by atoms with Crippen molar-refractivity contribution in [1.29, 1.82) is 0 Å². The molecule has 0 amide bonds. The molecule has 2 heterocycles. The van der Waals surface area contributed by atoms with E-state index in [1.54, 1.807) is 17.6 Å². The van der Waals surface area contributed by atoms with Crippen molar-refractivity contribution in [2.45, 2.75) is 32.0 Å². The molecule has 0 saturated carbocycles. The van der Waals surface area contributed by atoms with Crippen molar-refractivity contribution >= 4 is 11.3 Å². The smallest absolute Gasteiger partial charge is 0.122 e.